The molecule has 1 atom stereocenters. The van der Waals surface area contributed by atoms with Crippen molar-refractivity contribution in [2.24, 2.45) is 0 Å². The Labute approximate surface area is 112 Å². The Balaban J connectivity index is 2.19. The first-order valence-corrected chi connectivity index (χ1v) is 7.09. The summed E-state index contributed by atoms with van der Waals surface area (Å²) in [7, 11) is 0. The third-order valence-corrected chi connectivity index (χ3v) is 4.08. The normalized spacial score (nSPS) is 12.9. The molecule has 6 heteroatoms. The Morgan fingerprint density at radius 3 is 2.94 bits per heavy atom. The molecule has 4 nitrogen and oxygen atoms in total. The van der Waals surface area contributed by atoms with E-state index in [1.54, 1.807) is 22.2 Å². The molecule has 2 aromatic heterocycles. The lowest BCUT2D eigenvalue weighted by atomic mass is 10.2. The van der Waals surface area contributed by atoms with E-state index in [-0.39, 0.29) is 0 Å². The number of aryl methyl sites for hydroxylation is 2. The zero-order valence-corrected chi connectivity index (χ0v) is 12.1. The lowest BCUT2D eigenvalue weighted by Gasteiger charge is -2.11. The quantitative estimate of drug-likeness (QED) is 0.943. The van der Waals surface area contributed by atoms with Gasteiger partial charge in [0.25, 0.3) is 0 Å². The van der Waals surface area contributed by atoms with Crippen molar-refractivity contribution in [2.75, 3.05) is 0 Å². The molecule has 0 aliphatic carbocycles. The molecule has 92 valence electrons. The Kier molecular flexibility index (Phi) is 3.96. The molecule has 2 rings (SSSR count). The van der Waals surface area contributed by atoms with Crippen molar-refractivity contribution in [1.82, 2.24) is 14.8 Å². The second kappa shape index (κ2) is 5.29. The Hall–Kier alpha value is -0.720. The van der Waals surface area contributed by atoms with Crippen LogP contribution in [0, 0.1) is 6.92 Å². The van der Waals surface area contributed by atoms with Gasteiger partial charge in [0.2, 0.25) is 0 Å². The highest BCUT2D eigenvalue weighted by molar-refractivity contribution is 9.10. The summed E-state index contributed by atoms with van der Waals surface area (Å²) in [4.78, 5) is 4.36. The minimum atomic E-state index is -0.572. The van der Waals surface area contributed by atoms with Gasteiger partial charge in [0.1, 0.15) is 6.10 Å². The van der Waals surface area contributed by atoms with E-state index in [9.17, 15) is 5.11 Å². The van der Waals surface area contributed by atoms with Gasteiger partial charge in [-0.3, -0.25) is 4.68 Å². The molecule has 0 amide bonds. The lowest BCUT2D eigenvalue weighted by molar-refractivity contribution is 0.166. The average molecular weight is 316 g/mol. The van der Waals surface area contributed by atoms with E-state index in [1.165, 1.54) is 0 Å². The summed E-state index contributed by atoms with van der Waals surface area (Å²) < 4.78 is 2.65. The predicted octanol–water partition coefficient (Wildman–Crippen LogP) is 2.71. The van der Waals surface area contributed by atoms with Crippen LogP contribution in [0.5, 0.6) is 0 Å². The summed E-state index contributed by atoms with van der Waals surface area (Å²) in [5.74, 6) is 0. The molecule has 0 saturated heterocycles. The van der Waals surface area contributed by atoms with Gasteiger partial charge < -0.3 is 5.11 Å². The van der Waals surface area contributed by atoms with Crippen LogP contribution < -0.4 is 0 Å². The Bertz CT molecular complexity index is 509. The molecule has 0 spiro atoms. The van der Waals surface area contributed by atoms with Crippen molar-refractivity contribution in [1.29, 1.82) is 0 Å². The van der Waals surface area contributed by atoms with Crippen molar-refractivity contribution >= 4 is 27.3 Å². The van der Waals surface area contributed by atoms with Crippen molar-refractivity contribution in [3.63, 3.8) is 0 Å². The maximum absolute atomic E-state index is 10.2. The van der Waals surface area contributed by atoms with Gasteiger partial charge in [-0.1, -0.05) is 0 Å². The van der Waals surface area contributed by atoms with Crippen molar-refractivity contribution in [2.45, 2.75) is 32.9 Å². The van der Waals surface area contributed by atoms with E-state index in [0.717, 1.165) is 27.4 Å². The molecule has 17 heavy (non-hydrogen) atoms. The summed E-state index contributed by atoms with van der Waals surface area (Å²) in [5, 5.41) is 17.4. The zero-order chi connectivity index (χ0) is 12.4. The van der Waals surface area contributed by atoms with Crippen molar-refractivity contribution < 1.29 is 5.11 Å². The maximum Gasteiger partial charge on any atom is 0.103 e. The predicted molar refractivity (Wildman–Crippen MR) is 71.1 cm³/mol. The fourth-order valence-electron chi connectivity index (χ4n) is 1.71. The summed E-state index contributed by atoms with van der Waals surface area (Å²) in [6.07, 6.45) is 1.68. The molecular weight excluding hydrogens is 302 g/mol. The van der Waals surface area contributed by atoms with Gasteiger partial charge in [-0.2, -0.15) is 5.10 Å². The summed E-state index contributed by atoms with van der Waals surface area (Å²) >= 11 is 5.00. The molecule has 0 aliphatic rings. The third kappa shape index (κ3) is 2.75. The topological polar surface area (TPSA) is 50.9 Å². The van der Waals surface area contributed by atoms with Crippen LogP contribution in [0.25, 0.3) is 0 Å². The summed E-state index contributed by atoms with van der Waals surface area (Å²) in [6.45, 7) is 4.71. The molecule has 2 heterocycles. The molecule has 0 fully saturated rings. The van der Waals surface area contributed by atoms with Crippen LogP contribution in [0.15, 0.2) is 16.0 Å². The molecule has 0 aliphatic heterocycles. The number of hydrogen-bond donors (Lipinski definition) is 1. The molecule has 0 radical (unpaired) electrons. The van der Waals surface area contributed by atoms with Crippen molar-refractivity contribution in [3.05, 3.63) is 32.4 Å². The first kappa shape index (κ1) is 12.7. The number of rotatable bonds is 4. The molecule has 1 N–H and O–H groups in total. The molecule has 0 aromatic carbocycles. The molecular formula is C11H14BrN3OS. The largest absolute Gasteiger partial charge is 0.386 e. The summed E-state index contributed by atoms with van der Waals surface area (Å²) in [5.41, 5.74) is 1.82. The number of aliphatic hydroxyl groups excluding tert-OH is 1. The average Bonchev–Trinajstić information content (AvgIpc) is 2.84. The third-order valence-electron chi connectivity index (χ3n) is 2.48. The smallest absolute Gasteiger partial charge is 0.103 e. The SMILES string of the molecule is CCn1ncc(Br)c1C(O)Cc1nc(C)cs1. The number of thiazole rings is 1. The molecule has 1 unspecified atom stereocenters. The second-order valence-corrected chi connectivity index (χ2v) is 5.59. The van der Waals surface area contributed by atoms with E-state index in [2.05, 4.69) is 26.0 Å². The molecule has 0 bridgehead atoms. The van der Waals surface area contributed by atoms with Crippen LogP contribution in [-0.4, -0.2) is 19.9 Å². The number of aromatic nitrogens is 3. The van der Waals surface area contributed by atoms with Gasteiger partial charge >= 0.3 is 0 Å². The van der Waals surface area contributed by atoms with E-state index >= 15 is 0 Å². The van der Waals surface area contributed by atoms with Crippen LogP contribution in [0.3, 0.4) is 0 Å². The highest BCUT2D eigenvalue weighted by Gasteiger charge is 2.18. The maximum atomic E-state index is 10.2. The minimum Gasteiger partial charge on any atom is -0.386 e. The Morgan fingerprint density at radius 1 is 1.59 bits per heavy atom. The number of aliphatic hydroxyl groups is 1. The lowest BCUT2D eigenvalue weighted by Crippen LogP contribution is -2.10. The van der Waals surface area contributed by atoms with Gasteiger partial charge in [-0.15, -0.1) is 11.3 Å². The number of hydrogen-bond acceptors (Lipinski definition) is 4. The van der Waals surface area contributed by atoms with Crippen LogP contribution in [0.1, 0.15) is 29.4 Å². The van der Waals surface area contributed by atoms with Crippen molar-refractivity contribution in [3.8, 4) is 0 Å². The van der Waals surface area contributed by atoms with Crippen LogP contribution in [0.2, 0.25) is 0 Å². The van der Waals surface area contributed by atoms with Gasteiger partial charge in [0.15, 0.2) is 0 Å². The van der Waals surface area contributed by atoms with Crippen LogP contribution in [-0.2, 0) is 13.0 Å². The standard InChI is InChI=1S/C11H14BrN3OS/c1-3-15-11(8(12)5-13-15)9(16)4-10-14-7(2)6-17-10/h5-6,9,16H,3-4H2,1-2H3. The first-order valence-electron chi connectivity index (χ1n) is 5.42. The minimum absolute atomic E-state index is 0.531. The highest BCUT2D eigenvalue weighted by atomic mass is 79.9. The zero-order valence-electron chi connectivity index (χ0n) is 9.72. The van der Waals surface area contributed by atoms with Crippen LogP contribution in [0.4, 0.5) is 0 Å². The molecule has 0 saturated carbocycles. The fraction of sp³-hybridized carbons (Fsp3) is 0.455. The van der Waals surface area contributed by atoms with E-state index in [0.29, 0.717) is 6.42 Å². The number of halogens is 1. The monoisotopic (exact) mass is 315 g/mol. The second-order valence-electron chi connectivity index (χ2n) is 3.80. The number of nitrogens with zero attached hydrogens (tertiary/aromatic N) is 3. The van der Waals surface area contributed by atoms with Gasteiger partial charge in [-0.25, -0.2) is 4.98 Å². The Morgan fingerprint density at radius 2 is 2.35 bits per heavy atom. The summed E-state index contributed by atoms with van der Waals surface area (Å²) in [6, 6.07) is 0. The van der Waals surface area contributed by atoms with E-state index in [4.69, 9.17) is 0 Å². The highest BCUT2D eigenvalue weighted by Crippen LogP contribution is 2.26. The fourth-order valence-corrected chi connectivity index (χ4v) is 3.08. The van der Waals surface area contributed by atoms with Gasteiger partial charge in [0, 0.05) is 24.0 Å². The molecule has 2 aromatic rings. The van der Waals surface area contributed by atoms with Gasteiger partial charge in [-0.05, 0) is 29.8 Å². The van der Waals surface area contributed by atoms with Gasteiger partial charge in [0.05, 0.1) is 21.4 Å². The van der Waals surface area contributed by atoms with E-state index < -0.39 is 6.10 Å². The first-order chi connectivity index (χ1) is 8.11. The van der Waals surface area contributed by atoms with E-state index in [1.807, 2.05) is 19.2 Å². The van der Waals surface area contributed by atoms with Crippen LogP contribution >= 0.6 is 27.3 Å².